The molecule has 1 amide bonds. The van der Waals surface area contributed by atoms with Crippen LogP contribution in [0.2, 0.25) is 0 Å². The molecule has 0 aliphatic rings. The second-order valence-electron chi connectivity index (χ2n) is 4.16. The van der Waals surface area contributed by atoms with E-state index in [-0.39, 0.29) is 12.5 Å². The number of carbonyl (C=O) groups is 1. The normalized spacial score (nSPS) is 10.4. The van der Waals surface area contributed by atoms with E-state index < -0.39 is 0 Å². The summed E-state index contributed by atoms with van der Waals surface area (Å²) in [4.78, 5) is 16.0. The summed E-state index contributed by atoms with van der Waals surface area (Å²) in [5.41, 5.74) is 7.83. The third kappa shape index (κ3) is 3.85. The first-order valence-corrected chi connectivity index (χ1v) is 5.95. The van der Waals surface area contributed by atoms with E-state index in [1.807, 2.05) is 25.1 Å². The van der Waals surface area contributed by atoms with Crippen molar-refractivity contribution in [1.82, 2.24) is 25.3 Å². The highest BCUT2D eigenvalue weighted by Gasteiger charge is 2.05. The molecule has 0 aromatic carbocycles. The van der Waals surface area contributed by atoms with Crippen LogP contribution in [-0.4, -0.2) is 25.9 Å². The number of amides is 1. The Balaban J connectivity index is 1.84. The van der Waals surface area contributed by atoms with Crippen LogP contribution in [0.1, 0.15) is 17.1 Å². The van der Waals surface area contributed by atoms with Crippen molar-refractivity contribution in [2.75, 3.05) is 0 Å². The van der Waals surface area contributed by atoms with Gasteiger partial charge in [-0.3, -0.25) is 9.78 Å². The van der Waals surface area contributed by atoms with E-state index in [1.165, 1.54) is 4.68 Å². The lowest BCUT2D eigenvalue weighted by atomic mass is 10.3. The zero-order valence-electron chi connectivity index (χ0n) is 10.7. The number of aromatic nitrogens is 4. The minimum Gasteiger partial charge on any atom is -0.349 e. The van der Waals surface area contributed by atoms with Crippen molar-refractivity contribution in [2.24, 2.45) is 5.73 Å². The van der Waals surface area contributed by atoms with E-state index >= 15 is 0 Å². The number of rotatable bonds is 5. The van der Waals surface area contributed by atoms with Gasteiger partial charge in [0, 0.05) is 12.2 Å². The Hall–Kier alpha value is -2.28. The van der Waals surface area contributed by atoms with Gasteiger partial charge in [-0.05, 0) is 19.1 Å². The molecule has 7 nitrogen and oxygen atoms in total. The van der Waals surface area contributed by atoms with Gasteiger partial charge in [-0.2, -0.15) is 0 Å². The molecule has 0 unspecified atom stereocenters. The van der Waals surface area contributed by atoms with Gasteiger partial charge in [-0.1, -0.05) is 11.3 Å². The predicted octanol–water partition coefficient (Wildman–Crippen LogP) is -0.243. The van der Waals surface area contributed by atoms with Gasteiger partial charge in [-0.15, -0.1) is 5.10 Å². The highest BCUT2D eigenvalue weighted by molar-refractivity contribution is 5.75. The Morgan fingerprint density at radius 3 is 2.95 bits per heavy atom. The summed E-state index contributed by atoms with van der Waals surface area (Å²) in [6, 6.07) is 5.69. The van der Waals surface area contributed by atoms with Gasteiger partial charge in [-0.25, -0.2) is 4.68 Å². The lowest BCUT2D eigenvalue weighted by Gasteiger charge is -2.05. The van der Waals surface area contributed by atoms with Crippen LogP contribution in [0.5, 0.6) is 0 Å². The number of nitrogens with one attached hydrogen (secondary N) is 1. The molecule has 0 bridgehead atoms. The number of hydrogen-bond donors (Lipinski definition) is 2. The third-order valence-electron chi connectivity index (χ3n) is 2.51. The van der Waals surface area contributed by atoms with Gasteiger partial charge in [0.2, 0.25) is 5.91 Å². The first kappa shape index (κ1) is 13.2. The van der Waals surface area contributed by atoms with Crippen LogP contribution in [-0.2, 0) is 24.4 Å². The fraction of sp³-hybridized carbons (Fsp3) is 0.333. The number of aryl methyl sites for hydroxylation is 1. The predicted molar refractivity (Wildman–Crippen MR) is 68.7 cm³/mol. The van der Waals surface area contributed by atoms with Crippen LogP contribution in [0, 0.1) is 6.92 Å². The lowest BCUT2D eigenvalue weighted by molar-refractivity contribution is -0.122. The molecule has 0 radical (unpaired) electrons. The summed E-state index contributed by atoms with van der Waals surface area (Å²) in [5, 5.41) is 10.4. The van der Waals surface area contributed by atoms with Crippen molar-refractivity contribution in [1.29, 1.82) is 0 Å². The zero-order valence-corrected chi connectivity index (χ0v) is 10.7. The zero-order chi connectivity index (χ0) is 13.7. The molecule has 2 heterocycles. The van der Waals surface area contributed by atoms with E-state index in [2.05, 4.69) is 20.6 Å². The SMILES string of the molecule is Cc1cccc(CNC(=O)Cn2cc(CN)nn2)n1. The fourth-order valence-electron chi connectivity index (χ4n) is 1.60. The molecule has 19 heavy (non-hydrogen) atoms. The van der Waals surface area contributed by atoms with Gasteiger partial charge >= 0.3 is 0 Å². The molecule has 2 rings (SSSR count). The van der Waals surface area contributed by atoms with Crippen LogP contribution >= 0.6 is 0 Å². The average Bonchev–Trinajstić information content (AvgIpc) is 2.84. The average molecular weight is 260 g/mol. The third-order valence-corrected chi connectivity index (χ3v) is 2.51. The molecule has 0 aliphatic heterocycles. The maximum absolute atomic E-state index is 11.7. The maximum atomic E-state index is 11.7. The number of hydrogen-bond acceptors (Lipinski definition) is 5. The standard InChI is InChI=1S/C12H16N6O/c1-9-3-2-4-10(15-9)6-14-12(19)8-18-7-11(5-13)16-17-18/h2-4,7H,5-6,8,13H2,1H3,(H,14,19). The smallest absolute Gasteiger partial charge is 0.242 e. The molecule has 0 saturated heterocycles. The van der Waals surface area contributed by atoms with Gasteiger partial charge in [0.05, 0.1) is 24.1 Å². The van der Waals surface area contributed by atoms with E-state index in [0.717, 1.165) is 11.4 Å². The molecule has 0 spiro atoms. The van der Waals surface area contributed by atoms with E-state index in [9.17, 15) is 4.79 Å². The minimum absolute atomic E-state index is 0.124. The summed E-state index contributed by atoms with van der Waals surface area (Å²) < 4.78 is 1.46. The van der Waals surface area contributed by atoms with Crippen LogP contribution in [0.4, 0.5) is 0 Å². The number of carbonyl (C=O) groups excluding carboxylic acids is 1. The van der Waals surface area contributed by atoms with Gasteiger partial charge in [0.25, 0.3) is 0 Å². The Bertz CT molecular complexity index is 565. The second kappa shape index (κ2) is 6.05. The number of nitrogens with two attached hydrogens (primary N) is 1. The van der Waals surface area contributed by atoms with Crippen LogP contribution in [0.25, 0.3) is 0 Å². The topological polar surface area (TPSA) is 98.7 Å². The Labute approximate surface area is 110 Å². The summed E-state index contributed by atoms with van der Waals surface area (Å²) in [6.07, 6.45) is 1.66. The molecule has 100 valence electrons. The fourth-order valence-corrected chi connectivity index (χ4v) is 1.60. The van der Waals surface area contributed by atoms with Crippen LogP contribution < -0.4 is 11.1 Å². The van der Waals surface area contributed by atoms with Gasteiger partial charge in [0.1, 0.15) is 6.54 Å². The van der Waals surface area contributed by atoms with Crippen LogP contribution in [0.3, 0.4) is 0 Å². The Morgan fingerprint density at radius 2 is 2.26 bits per heavy atom. The van der Waals surface area contributed by atoms with Gasteiger partial charge in [0.15, 0.2) is 0 Å². The molecule has 0 aliphatic carbocycles. The molecule has 0 atom stereocenters. The highest BCUT2D eigenvalue weighted by atomic mass is 16.2. The monoisotopic (exact) mass is 260 g/mol. The Morgan fingerprint density at radius 1 is 1.42 bits per heavy atom. The summed E-state index contributed by atoms with van der Waals surface area (Å²) in [5.74, 6) is -0.142. The maximum Gasteiger partial charge on any atom is 0.242 e. The molecule has 0 fully saturated rings. The van der Waals surface area contributed by atoms with Crippen molar-refractivity contribution in [3.63, 3.8) is 0 Å². The summed E-state index contributed by atoms with van der Waals surface area (Å²) in [6.45, 7) is 2.75. The highest BCUT2D eigenvalue weighted by Crippen LogP contribution is 1.97. The van der Waals surface area contributed by atoms with E-state index in [4.69, 9.17) is 5.73 Å². The van der Waals surface area contributed by atoms with Crippen LogP contribution in [0.15, 0.2) is 24.4 Å². The molecular formula is C12H16N6O. The molecule has 0 saturated carbocycles. The first-order chi connectivity index (χ1) is 9.17. The van der Waals surface area contributed by atoms with Crippen molar-refractivity contribution < 1.29 is 4.79 Å². The van der Waals surface area contributed by atoms with Crippen molar-refractivity contribution in [3.8, 4) is 0 Å². The Kier molecular flexibility index (Phi) is 4.19. The molecule has 7 heteroatoms. The summed E-state index contributed by atoms with van der Waals surface area (Å²) in [7, 11) is 0. The summed E-state index contributed by atoms with van der Waals surface area (Å²) >= 11 is 0. The van der Waals surface area contributed by atoms with E-state index in [1.54, 1.807) is 6.20 Å². The van der Waals surface area contributed by atoms with Crippen molar-refractivity contribution in [3.05, 3.63) is 41.5 Å². The largest absolute Gasteiger partial charge is 0.349 e. The number of nitrogens with zero attached hydrogens (tertiary/aromatic N) is 4. The van der Waals surface area contributed by atoms with Crippen molar-refractivity contribution >= 4 is 5.91 Å². The molecule has 2 aromatic rings. The molecule has 2 aromatic heterocycles. The second-order valence-corrected chi connectivity index (χ2v) is 4.16. The minimum atomic E-state index is -0.142. The quantitative estimate of drug-likeness (QED) is 0.772. The van der Waals surface area contributed by atoms with Crippen molar-refractivity contribution in [2.45, 2.75) is 26.6 Å². The number of pyridine rings is 1. The first-order valence-electron chi connectivity index (χ1n) is 5.95. The van der Waals surface area contributed by atoms with Gasteiger partial charge < -0.3 is 11.1 Å². The molecular weight excluding hydrogens is 244 g/mol. The lowest BCUT2D eigenvalue weighted by Crippen LogP contribution is -2.27. The van der Waals surface area contributed by atoms with E-state index in [0.29, 0.717) is 18.8 Å². The molecule has 3 N–H and O–H groups in total.